The molecule has 3 aromatic heterocycles. The van der Waals surface area contributed by atoms with Gasteiger partial charge in [0.05, 0.1) is 16.8 Å². The maximum absolute atomic E-state index is 14.6. The lowest BCUT2D eigenvalue weighted by molar-refractivity contribution is -0.116. The van der Waals surface area contributed by atoms with Crippen molar-refractivity contribution in [3.63, 3.8) is 0 Å². The normalized spacial score (nSPS) is 19.2. The van der Waals surface area contributed by atoms with Crippen LogP contribution >= 0.6 is 0 Å². The van der Waals surface area contributed by atoms with Crippen LogP contribution in [0.2, 0.25) is 0 Å². The summed E-state index contributed by atoms with van der Waals surface area (Å²) in [7, 11) is 0. The van der Waals surface area contributed by atoms with Gasteiger partial charge in [-0.1, -0.05) is 24.3 Å². The summed E-state index contributed by atoms with van der Waals surface area (Å²) < 4.78 is 21.9. The van der Waals surface area contributed by atoms with Gasteiger partial charge in [0.25, 0.3) is 0 Å². The molecule has 1 unspecified atom stereocenters. The Labute approximate surface area is 253 Å². The number of piperidine rings is 3. The van der Waals surface area contributed by atoms with E-state index in [1.165, 1.54) is 12.1 Å². The van der Waals surface area contributed by atoms with Gasteiger partial charge in [-0.15, -0.1) is 0 Å². The van der Waals surface area contributed by atoms with Crippen molar-refractivity contribution in [2.75, 3.05) is 25.0 Å². The van der Waals surface area contributed by atoms with Crippen molar-refractivity contribution < 1.29 is 18.7 Å². The maximum atomic E-state index is 14.6. The van der Waals surface area contributed by atoms with Crippen LogP contribution in [-0.2, 0) is 16.1 Å². The number of esters is 1. The van der Waals surface area contributed by atoms with Crippen LogP contribution in [0.25, 0.3) is 33.4 Å². The zero-order valence-electron chi connectivity index (χ0n) is 24.2. The van der Waals surface area contributed by atoms with Crippen LogP contribution in [0.15, 0.2) is 79.1 Å². The Morgan fingerprint density at radius 1 is 1.02 bits per heavy atom. The largest absolute Gasteiger partial charge is 0.457 e. The van der Waals surface area contributed by atoms with E-state index in [4.69, 9.17) is 9.84 Å². The third-order valence-electron chi connectivity index (χ3n) is 8.41. The molecule has 3 aliphatic rings. The molecule has 3 saturated heterocycles. The molecule has 0 radical (unpaired) electrons. The van der Waals surface area contributed by atoms with Crippen LogP contribution in [0.5, 0.6) is 0 Å². The fourth-order valence-electron chi connectivity index (χ4n) is 6.27. The minimum atomic E-state index is -0.637. The van der Waals surface area contributed by atoms with Crippen LogP contribution < -0.4 is 5.32 Å². The highest BCUT2D eigenvalue weighted by Gasteiger charge is 2.36. The van der Waals surface area contributed by atoms with Crippen LogP contribution in [0.3, 0.4) is 0 Å². The predicted octanol–water partition coefficient (Wildman–Crippen LogP) is 5.50. The molecule has 3 fully saturated rings. The van der Waals surface area contributed by atoms with Crippen LogP contribution in [0.1, 0.15) is 28.9 Å². The summed E-state index contributed by atoms with van der Waals surface area (Å²) >= 11 is 0. The van der Waals surface area contributed by atoms with Crippen molar-refractivity contribution in [3.8, 4) is 22.5 Å². The summed E-state index contributed by atoms with van der Waals surface area (Å²) in [6, 6.07) is 19.2. The monoisotopic (exact) mass is 590 g/mol. The molecule has 44 heavy (non-hydrogen) atoms. The number of aromatic nitrogens is 4. The number of para-hydroxylation sites is 1. The van der Waals surface area contributed by atoms with E-state index in [0.717, 1.165) is 59.7 Å². The lowest BCUT2D eigenvalue weighted by Crippen LogP contribution is -2.51. The number of nitrogens with one attached hydrogen (secondary N) is 1. The summed E-state index contributed by atoms with van der Waals surface area (Å²) in [6.07, 6.45) is 5.35. The first-order valence-electron chi connectivity index (χ1n) is 14.8. The van der Waals surface area contributed by atoms with Crippen molar-refractivity contribution >= 4 is 28.5 Å². The predicted molar refractivity (Wildman–Crippen MR) is 164 cm³/mol. The van der Waals surface area contributed by atoms with Crippen molar-refractivity contribution in [2.45, 2.75) is 32.4 Å². The molecular formula is C34H31FN6O3. The highest BCUT2D eigenvalue weighted by Crippen LogP contribution is 2.34. The summed E-state index contributed by atoms with van der Waals surface area (Å²) in [5, 5.41) is 8.43. The van der Waals surface area contributed by atoms with Gasteiger partial charge in [-0.2, -0.15) is 5.10 Å². The quantitative estimate of drug-likeness (QED) is 0.250. The van der Waals surface area contributed by atoms with E-state index in [2.05, 4.69) is 20.2 Å². The molecule has 2 aromatic carbocycles. The number of fused-ring (bicyclic) bond motifs is 4. The van der Waals surface area contributed by atoms with Crippen molar-refractivity contribution in [1.29, 1.82) is 0 Å². The molecular weight excluding hydrogens is 559 g/mol. The number of hydrogen-bond donors (Lipinski definition) is 1. The van der Waals surface area contributed by atoms with Gasteiger partial charge >= 0.3 is 5.97 Å². The van der Waals surface area contributed by atoms with Gasteiger partial charge in [0.2, 0.25) is 5.91 Å². The van der Waals surface area contributed by atoms with Crippen LogP contribution in [-0.4, -0.2) is 62.3 Å². The average molecular weight is 591 g/mol. The zero-order chi connectivity index (χ0) is 30.2. The van der Waals surface area contributed by atoms with Gasteiger partial charge in [0.1, 0.15) is 24.2 Å². The van der Waals surface area contributed by atoms with Gasteiger partial charge in [-0.25, -0.2) is 9.18 Å². The Morgan fingerprint density at radius 3 is 2.66 bits per heavy atom. The number of ether oxygens (including phenoxy) is 1. The van der Waals surface area contributed by atoms with Crippen LogP contribution in [0.4, 0.5) is 10.1 Å². The standard InChI is InChI=1S/C34H31FN6O3/c1-21-5-4-8-30(37-21)33-28(26-9-12-36-29-7-3-2-6-27(26)29)18-41(39-33)20-32(42)38-25-16-23(15-24(35)17-25)34(43)44-31-19-40-13-10-22(31)11-14-40/h2-9,12,15-18,22,31H,10-11,13-14,19-20H2,1H3,(H,38,42). The number of carbonyl (C=O) groups is 2. The SMILES string of the molecule is Cc1cccc(-c2nn(CC(=O)Nc3cc(F)cc(C(=O)OC4CN5CCC4CC5)c3)cc2-c2ccnc3ccccc23)n1. The minimum Gasteiger partial charge on any atom is -0.457 e. The lowest BCUT2D eigenvalue weighted by atomic mass is 9.86. The van der Waals surface area contributed by atoms with Gasteiger partial charge in [0, 0.05) is 41.3 Å². The molecule has 6 heterocycles. The van der Waals surface area contributed by atoms with Gasteiger partial charge in [-0.05, 0) is 86.8 Å². The molecule has 9 nitrogen and oxygen atoms in total. The fraction of sp³-hybridized carbons (Fsp3) is 0.265. The molecule has 2 bridgehead atoms. The highest BCUT2D eigenvalue weighted by molar-refractivity contribution is 5.98. The third-order valence-corrected chi connectivity index (χ3v) is 8.41. The zero-order valence-corrected chi connectivity index (χ0v) is 24.2. The van der Waals surface area contributed by atoms with Crippen LogP contribution in [0, 0.1) is 18.7 Å². The smallest absolute Gasteiger partial charge is 0.338 e. The molecule has 5 aromatic rings. The van der Waals surface area contributed by atoms with Crippen molar-refractivity contribution in [2.24, 2.45) is 5.92 Å². The first-order chi connectivity index (χ1) is 21.4. The van der Waals surface area contributed by atoms with E-state index in [9.17, 15) is 14.0 Å². The summed E-state index contributed by atoms with van der Waals surface area (Å²) in [5.41, 5.74) is 4.94. The summed E-state index contributed by atoms with van der Waals surface area (Å²) in [6.45, 7) is 4.52. The fourth-order valence-corrected chi connectivity index (χ4v) is 6.27. The Hall–Kier alpha value is -4.96. The number of amides is 1. The molecule has 0 saturated carbocycles. The molecule has 1 N–H and O–H groups in total. The molecule has 0 spiro atoms. The van der Waals surface area contributed by atoms with E-state index in [1.807, 2.05) is 61.7 Å². The minimum absolute atomic E-state index is 0.0653. The van der Waals surface area contributed by atoms with Crippen molar-refractivity contribution in [1.82, 2.24) is 24.6 Å². The molecule has 1 amide bonds. The van der Waals surface area contributed by atoms with E-state index in [-0.39, 0.29) is 23.9 Å². The van der Waals surface area contributed by atoms with E-state index < -0.39 is 17.7 Å². The van der Waals surface area contributed by atoms with E-state index >= 15 is 0 Å². The second-order valence-electron chi connectivity index (χ2n) is 11.5. The molecule has 3 aliphatic heterocycles. The number of rotatable bonds is 7. The van der Waals surface area contributed by atoms with Gasteiger partial charge in [0.15, 0.2) is 0 Å². The van der Waals surface area contributed by atoms with Gasteiger partial charge in [-0.3, -0.25) is 24.3 Å². The number of carbonyl (C=O) groups excluding carboxylic acids is 2. The second-order valence-corrected chi connectivity index (χ2v) is 11.5. The Bertz CT molecular complexity index is 1880. The maximum Gasteiger partial charge on any atom is 0.338 e. The first kappa shape index (κ1) is 27.8. The summed E-state index contributed by atoms with van der Waals surface area (Å²) in [4.78, 5) is 37.6. The Kier molecular flexibility index (Phi) is 7.35. The van der Waals surface area contributed by atoms with E-state index in [1.54, 1.807) is 10.9 Å². The molecule has 222 valence electrons. The van der Waals surface area contributed by atoms with Gasteiger partial charge < -0.3 is 10.1 Å². The Balaban J connectivity index is 1.13. The Morgan fingerprint density at radius 2 is 1.86 bits per heavy atom. The highest BCUT2D eigenvalue weighted by atomic mass is 19.1. The summed E-state index contributed by atoms with van der Waals surface area (Å²) in [5.74, 6) is -1.32. The average Bonchev–Trinajstić information content (AvgIpc) is 3.44. The molecule has 1 atom stereocenters. The van der Waals surface area contributed by atoms with Crippen molar-refractivity contribution in [3.05, 3.63) is 96.2 Å². The third kappa shape index (κ3) is 5.68. The number of benzene rings is 2. The van der Waals surface area contributed by atoms with E-state index in [0.29, 0.717) is 23.9 Å². The number of anilines is 1. The molecule has 0 aliphatic carbocycles. The topological polar surface area (TPSA) is 102 Å². The number of halogens is 1. The molecule has 10 heteroatoms. The second kappa shape index (κ2) is 11.6. The number of aryl methyl sites for hydroxylation is 1. The number of hydrogen-bond acceptors (Lipinski definition) is 7. The first-order valence-corrected chi connectivity index (χ1v) is 14.8. The number of pyridine rings is 2. The lowest BCUT2D eigenvalue weighted by Gasteiger charge is -2.43. The number of nitrogens with zero attached hydrogens (tertiary/aromatic N) is 5. The molecule has 8 rings (SSSR count).